The molecule has 1 unspecified atom stereocenters. The van der Waals surface area contributed by atoms with Gasteiger partial charge in [0.15, 0.2) is 5.82 Å². The zero-order valence-electron chi connectivity index (χ0n) is 7.54. The molecule has 66 valence electrons. The van der Waals surface area contributed by atoms with Crippen LogP contribution in [0.5, 0.6) is 0 Å². The minimum atomic E-state index is 0.440. The van der Waals surface area contributed by atoms with Crippen LogP contribution in [0.15, 0.2) is 0 Å². The number of likely N-dealkylation sites (tertiary alicyclic amines) is 1. The molecule has 4 heteroatoms. The van der Waals surface area contributed by atoms with Crippen LogP contribution in [0.4, 0.5) is 0 Å². The van der Waals surface area contributed by atoms with E-state index in [4.69, 9.17) is 0 Å². The van der Waals surface area contributed by atoms with Gasteiger partial charge in [-0.1, -0.05) is 0 Å². The maximum Gasteiger partial charge on any atom is 0.167 e. The van der Waals surface area contributed by atoms with Gasteiger partial charge in [-0.05, 0) is 33.4 Å². The minimum absolute atomic E-state index is 0.440. The maximum absolute atomic E-state index is 4.33. The number of rotatable bonds is 1. The summed E-state index contributed by atoms with van der Waals surface area (Å²) >= 11 is 0. The van der Waals surface area contributed by atoms with Crippen LogP contribution >= 0.6 is 0 Å². The number of hydrogen-bond donors (Lipinski definition) is 1. The fourth-order valence-electron chi connectivity index (χ4n) is 1.75. The van der Waals surface area contributed by atoms with Crippen LogP contribution in [0.2, 0.25) is 0 Å². The van der Waals surface area contributed by atoms with Gasteiger partial charge in [-0.3, -0.25) is 10.00 Å². The number of H-pyrrole nitrogens is 1. The number of aromatic nitrogens is 3. The van der Waals surface area contributed by atoms with Crippen LogP contribution < -0.4 is 0 Å². The van der Waals surface area contributed by atoms with E-state index >= 15 is 0 Å². The van der Waals surface area contributed by atoms with Crippen molar-refractivity contribution in [1.29, 1.82) is 0 Å². The molecule has 1 atom stereocenters. The van der Waals surface area contributed by atoms with Crippen LogP contribution in [0.3, 0.4) is 0 Å². The fourth-order valence-corrected chi connectivity index (χ4v) is 1.75. The first kappa shape index (κ1) is 7.73. The molecule has 0 aromatic carbocycles. The molecule has 0 saturated carbocycles. The van der Waals surface area contributed by atoms with Gasteiger partial charge in [0.2, 0.25) is 0 Å². The van der Waals surface area contributed by atoms with Crippen molar-refractivity contribution in [3.05, 3.63) is 11.6 Å². The molecular weight excluding hydrogens is 152 g/mol. The Labute approximate surface area is 72.0 Å². The van der Waals surface area contributed by atoms with Crippen molar-refractivity contribution in [3.63, 3.8) is 0 Å². The Kier molecular flexibility index (Phi) is 1.84. The highest BCUT2D eigenvalue weighted by molar-refractivity contribution is 4.98. The van der Waals surface area contributed by atoms with E-state index in [2.05, 4.69) is 27.1 Å². The number of hydrogen-bond acceptors (Lipinski definition) is 3. The van der Waals surface area contributed by atoms with E-state index in [9.17, 15) is 0 Å². The Morgan fingerprint density at radius 3 is 2.92 bits per heavy atom. The Morgan fingerprint density at radius 2 is 2.42 bits per heavy atom. The third kappa shape index (κ3) is 1.22. The molecule has 12 heavy (non-hydrogen) atoms. The van der Waals surface area contributed by atoms with Crippen molar-refractivity contribution in [1.82, 2.24) is 20.1 Å². The summed E-state index contributed by atoms with van der Waals surface area (Å²) in [5, 5.41) is 7.05. The van der Waals surface area contributed by atoms with Crippen LogP contribution in [-0.2, 0) is 0 Å². The van der Waals surface area contributed by atoms with Crippen LogP contribution in [0, 0.1) is 6.92 Å². The second kappa shape index (κ2) is 2.86. The molecule has 1 saturated heterocycles. The predicted octanol–water partition coefficient (Wildman–Crippen LogP) is 0.880. The van der Waals surface area contributed by atoms with Gasteiger partial charge in [0.25, 0.3) is 0 Å². The molecule has 0 aliphatic carbocycles. The molecule has 0 spiro atoms. The Balaban J connectivity index is 2.19. The van der Waals surface area contributed by atoms with Crippen molar-refractivity contribution in [3.8, 4) is 0 Å². The molecule has 1 aliphatic heterocycles. The molecule has 1 N–H and O–H groups in total. The van der Waals surface area contributed by atoms with E-state index in [1.54, 1.807) is 0 Å². The summed E-state index contributed by atoms with van der Waals surface area (Å²) in [6.45, 7) is 3.10. The number of aromatic amines is 1. The Morgan fingerprint density at radius 1 is 1.58 bits per heavy atom. The molecule has 2 heterocycles. The first-order valence-corrected chi connectivity index (χ1v) is 4.36. The van der Waals surface area contributed by atoms with Gasteiger partial charge in [0.05, 0.1) is 6.04 Å². The molecule has 0 bridgehead atoms. The van der Waals surface area contributed by atoms with Gasteiger partial charge in [-0.15, -0.1) is 0 Å². The summed E-state index contributed by atoms with van der Waals surface area (Å²) in [4.78, 5) is 6.64. The standard InChI is InChI=1S/C8H14N4/c1-6-9-8(11-10-6)7-4-3-5-12(7)2/h7H,3-5H2,1-2H3,(H,9,10,11). The van der Waals surface area contributed by atoms with E-state index in [-0.39, 0.29) is 0 Å². The Hall–Kier alpha value is -0.900. The molecular formula is C8H14N4. The highest BCUT2D eigenvalue weighted by Gasteiger charge is 2.25. The molecule has 1 aliphatic rings. The lowest BCUT2D eigenvalue weighted by molar-refractivity contribution is 0.306. The monoisotopic (exact) mass is 166 g/mol. The molecule has 4 nitrogen and oxygen atoms in total. The third-order valence-electron chi connectivity index (χ3n) is 2.43. The fraction of sp³-hybridized carbons (Fsp3) is 0.750. The largest absolute Gasteiger partial charge is 0.296 e. The minimum Gasteiger partial charge on any atom is -0.296 e. The summed E-state index contributed by atoms with van der Waals surface area (Å²) in [7, 11) is 2.13. The SMILES string of the molecule is Cc1nc(C2CCCN2C)n[nH]1. The summed E-state index contributed by atoms with van der Waals surface area (Å²) in [5.41, 5.74) is 0. The number of nitrogens with one attached hydrogen (secondary N) is 1. The first-order valence-electron chi connectivity index (χ1n) is 4.36. The van der Waals surface area contributed by atoms with Gasteiger partial charge in [0.1, 0.15) is 5.82 Å². The van der Waals surface area contributed by atoms with E-state index < -0.39 is 0 Å². The summed E-state index contributed by atoms with van der Waals surface area (Å²) in [6, 6.07) is 0.440. The van der Waals surface area contributed by atoms with Crippen molar-refractivity contribution >= 4 is 0 Å². The predicted molar refractivity (Wildman–Crippen MR) is 45.7 cm³/mol. The third-order valence-corrected chi connectivity index (χ3v) is 2.43. The summed E-state index contributed by atoms with van der Waals surface area (Å²) in [5.74, 6) is 1.86. The van der Waals surface area contributed by atoms with Crippen molar-refractivity contribution < 1.29 is 0 Å². The zero-order valence-corrected chi connectivity index (χ0v) is 7.54. The highest BCUT2D eigenvalue weighted by Crippen LogP contribution is 2.27. The second-order valence-electron chi connectivity index (χ2n) is 3.42. The molecule has 1 fully saturated rings. The van der Waals surface area contributed by atoms with Crippen molar-refractivity contribution in [2.24, 2.45) is 0 Å². The molecule has 1 aromatic heterocycles. The normalized spacial score (nSPS) is 25.0. The molecule has 0 radical (unpaired) electrons. The average molecular weight is 166 g/mol. The quantitative estimate of drug-likeness (QED) is 0.673. The van der Waals surface area contributed by atoms with Gasteiger partial charge < -0.3 is 0 Å². The van der Waals surface area contributed by atoms with Gasteiger partial charge in [-0.2, -0.15) is 5.10 Å². The van der Waals surface area contributed by atoms with E-state index in [1.165, 1.54) is 12.8 Å². The maximum atomic E-state index is 4.33. The van der Waals surface area contributed by atoms with Crippen molar-refractivity contribution in [2.75, 3.05) is 13.6 Å². The highest BCUT2D eigenvalue weighted by atomic mass is 15.3. The molecule has 1 aromatic rings. The smallest absolute Gasteiger partial charge is 0.167 e. The second-order valence-corrected chi connectivity index (χ2v) is 3.42. The number of nitrogens with zero attached hydrogens (tertiary/aromatic N) is 3. The van der Waals surface area contributed by atoms with E-state index in [0.29, 0.717) is 6.04 Å². The number of aryl methyl sites for hydroxylation is 1. The zero-order chi connectivity index (χ0) is 8.55. The lowest BCUT2D eigenvalue weighted by Crippen LogP contribution is -2.18. The van der Waals surface area contributed by atoms with Crippen LogP contribution in [0.25, 0.3) is 0 Å². The lowest BCUT2D eigenvalue weighted by Gasteiger charge is -2.15. The lowest BCUT2D eigenvalue weighted by atomic mass is 10.2. The van der Waals surface area contributed by atoms with Gasteiger partial charge >= 0.3 is 0 Å². The van der Waals surface area contributed by atoms with Gasteiger partial charge in [0, 0.05) is 0 Å². The van der Waals surface area contributed by atoms with Crippen molar-refractivity contribution in [2.45, 2.75) is 25.8 Å². The van der Waals surface area contributed by atoms with Crippen LogP contribution in [0.1, 0.15) is 30.5 Å². The summed E-state index contributed by atoms with van der Waals surface area (Å²) in [6.07, 6.45) is 2.45. The van der Waals surface area contributed by atoms with Gasteiger partial charge in [-0.25, -0.2) is 4.98 Å². The average Bonchev–Trinajstić information content (AvgIpc) is 2.58. The first-order chi connectivity index (χ1) is 5.77. The van der Waals surface area contributed by atoms with E-state index in [1.807, 2.05) is 6.92 Å². The topological polar surface area (TPSA) is 44.8 Å². The molecule has 2 rings (SSSR count). The van der Waals surface area contributed by atoms with Crippen LogP contribution in [-0.4, -0.2) is 33.7 Å². The molecule has 0 amide bonds. The Bertz CT molecular complexity index is 268. The summed E-state index contributed by atoms with van der Waals surface area (Å²) < 4.78 is 0. The van der Waals surface area contributed by atoms with E-state index in [0.717, 1.165) is 18.2 Å².